The molecule has 1 aliphatic rings. The molecule has 1 atom stereocenters. The molecule has 0 bridgehead atoms. The number of aliphatic hydroxyl groups excluding tert-OH is 1. The fraction of sp³-hybridized carbons (Fsp3) is 0.700. The zero-order valence-electron chi connectivity index (χ0n) is 16.3. The lowest BCUT2D eigenvalue weighted by molar-refractivity contribution is 0.173. The molecule has 0 radical (unpaired) electrons. The minimum Gasteiger partial charge on any atom is -0.387 e. The molecule has 1 aromatic carbocycles. The molecule has 1 fully saturated rings. The zero-order valence-corrected chi connectivity index (χ0v) is 19.0. The lowest BCUT2D eigenvalue weighted by Crippen LogP contribution is -2.26. The van der Waals surface area contributed by atoms with Crippen LogP contribution in [0.4, 0.5) is 4.39 Å². The summed E-state index contributed by atoms with van der Waals surface area (Å²) in [6, 6.07) is 6.82. The first-order valence-electron chi connectivity index (χ1n) is 9.95. The van der Waals surface area contributed by atoms with Crippen molar-refractivity contribution < 1.29 is 9.50 Å². The molecule has 1 saturated carbocycles. The normalized spacial score (nSPS) is 15.8. The summed E-state index contributed by atoms with van der Waals surface area (Å²) in [5.41, 5.74) is 0.392. The number of benzene rings is 1. The summed E-state index contributed by atoms with van der Waals surface area (Å²) in [5.74, 6) is 0.205. The first-order valence-corrected chi connectivity index (χ1v) is 13.2. The van der Waals surface area contributed by atoms with Gasteiger partial charge in [0.25, 0.3) is 0 Å². The van der Waals surface area contributed by atoms with Crippen molar-refractivity contribution in [1.29, 1.82) is 0 Å². The average molecular weight is 422 g/mol. The molecule has 0 spiro atoms. The summed E-state index contributed by atoms with van der Waals surface area (Å²) in [6.07, 6.45) is 4.28. The largest absolute Gasteiger partial charge is 0.387 e. The number of rotatable bonds is 8. The second-order valence-corrected chi connectivity index (χ2v) is 12.2. The Balaban J connectivity index is 0.000000412. The molecule has 150 valence electrons. The highest BCUT2D eigenvalue weighted by atomic mass is 35.5. The maximum absolute atomic E-state index is 13.1. The Morgan fingerprint density at radius 3 is 2.04 bits per heavy atom. The fourth-order valence-corrected chi connectivity index (χ4v) is 5.92. The van der Waals surface area contributed by atoms with Crippen LogP contribution < -0.4 is 5.32 Å². The predicted molar refractivity (Wildman–Crippen MR) is 115 cm³/mol. The molecule has 6 heteroatoms. The molecule has 1 aromatic rings. The van der Waals surface area contributed by atoms with Crippen LogP contribution in [0.1, 0.15) is 58.1 Å². The third kappa shape index (κ3) is 8.26. The smallest absolute Gasteiger partial charge is 0.126 e. The van der Waals surface area contributed by atoms with Gasteiger partial charge in [0.1, 0.15) is 5.82 Å². The van der Waals surface area contributed by atoms with Crippen molar-refractivity contribution in [3.05, 3.63) is 33.6 Å². The van der Waals surface area contributed by atoms with E-state index in [1.54, 1.807) is 0 Å². The summed E-state index contributed by atoms with van der Waals surface area (Å²) >= 11 is 11.8. The Morgan fingerprint density at radius 1 is 1.12 bits per heavy atom. The van der Waals surface area contributed by atoms with Crippen LogP contribution in [0.2, 0.25) is 28.2 Å². The Labute approximate surface area is 170 Å². The molecule has 0 amide bonds. The number of nitrogens with one attached hydrogen (secondary N) is 1. The molecule has 0 aromatic heterocycles. The summed E-state index contributed by atoms with van der Waals surface area (Å²) in [4.78, 5) is 0. The van der Waals surface area contributed by atoms with E-state index < -0.39 is 11.9 Å². The Morgan fingerprint density at radius 2 is 1.62 bits per heavy atom. The van der Waals surface area contributed by atoms with Crippen molar-refractivity contribution >= 4 is 32.0 Å². The van der Waals surface area contributed by atoms with E-state index in [1.165, 1.54) is 55.9 Å². The summed E-state index contributed by atoms with van der Waals surface area (Å²) in [5, 5.41) is 13.7. The number of hydrogen-bond acceptors (Lipinski definition) is 2. The van der Waals surface area contributed by atoms with Gasteiger partial charge in [-0.15, -0.1) is 0 Å². The molecule has 0 aliphatic heterocycles. The molecule has 1 unspecified atom stereocenters. The van der Waals surface area contributed by atoms with Gasteiger partial charge in [-0.2, -0.15) is 0 Å². The standard InChI is InChI=1S/C14H18Cl2FNO.C6H16Si/c15-11-5-10(17)6-12(16)14(11)13(19)8-18-7-9-3-1-2-4-9;1-4-7(5-2)6-3/h5-6,9,13,18-19H,1-4,7-8H2;7H,4-6H2,1-3H3. The molecule has 2 rings (SSSR count). The van der Waals surface area contributed by atoms with E-state index >= 15 is 0 Å². The Kier molecular flexibility index (Phi) is 12.1. The molecule has 0 heterocycles. The van der Waals surface area contributed by atoms with E-state index in [0.29, 0.717) is 18.0 Å². The van der Waals surface area contributed by atoms with Gasteiger partial charge < -0.3 is 10.4 Å². The molecule has 26 heavy (non-hydrogen) atoms. The van der Waals surface area contributed by atoms with Crippen LogP contribution in [0.25, 0.3) is 0 Å². The lowest BCUT2D eigenvalue weighted by Gasteiger charge is -2.17. The Bertz CT molecular complexity index is 494. The third-order valence-electron chi connectivity index (χ3n) is 5.35. The van der Waals surface area contributed by atoms with E-state index in [-0.39, 0.29) is 18.8 Å². The summed E-state index contributed by atoms with van der Waals surface area (Å²) < 4.78 is 13.1. The summed E-state index contributed by atoms with van der Waals surface area (Å²) in [7, 11) is -0.171. The highest BCUT2D eigenvalue weighted by molar-refractivity contribution is 6.58. The lowest BCUT2D eigenvalue weighted by atomic mass is 10.1. The van der Waals surface area contributed by atoms with Crippen molar-refractivity contribution in [2.24, 2.45) is 5.92 Å². The van der Waals surface area contributed by atoms with E-state index in [0.717, 1.165) is 6.54 Å². The van der Waals surface area contributed by atoms with Crippen LogP contribution in [-0.2, 0) is 0 Å². The van der Waals surface area contributed by atoms with Gasteiger partial charge in [-0.1, -0.05) is 74.9 Å². The maximum Gasteiger partial charge on any atom is 0.126 e. The molecule has 2 N–H and O–H groups in total. The van der Waals surface area contributed by atoms with Gasteiger partial charge in [0.05, 0.1) is 16.1 Å². The average Bonchev–Trinajstić information content (AvgIpc) is 3.09. The van der Waals surface area contributed by atoms with Crippen LogP contribution in [0.15, 0.2) is 12.1 Å². The van der Waals surface area contributed by atoms with E-state index in [4.69, 9.17) is 23.2 Å². The molecule has 2 nitrogen and oxygen atoms in total. The molecular weight excluding hydrogens is 388 g/mol. The van der Waals surface area contributed by atoms with Crippen LogP contribution in [0, 0.1) is 11.7 Å². The van der Waals surface area contributed by atoms with Crippen molar-refractivity contribution in [3.8, 4) is 0 Å². The summed E-state index contributed by atoms with van der Waals surface area (Å²) in [6.45, 7) is 8.24. The second-order valence-electron chi connectivity index (χ2n) is 7.20. The van der Waals surface area contributed by atoms with Crippen LogP contribution in [0.5, 0.6) is 0 Å². The topological polar surface area (TPSA) is 32.3 Å². The van der Waals surface area contributed by atoms with E-state index in [9.17, 15) is 9.50 Å². The minimum atomic E-state index is -0.818. The van der Waals surface area contributed by atoms with Gasteiger partial charge >= 0.3 is 0 Å². The molecular formula is C20H34Cl2FNOSi. The van der Waals surface area contributed by atoms with Crippen molar-refractivity contribution in [2.45, 2.75) is 70.7 Å². The Hall–Kier alpha value is -0.133. The molecule has 1 aliphatic carbocycles. The monoisotopic (exact) mass is 421 g/mol. The quantitative estimate of drug-likeness (QED) is 0.488. The van der Waals surface area contributed by atoms with Crippen LogP contribution >= 0.6 is 23.2 Å². The SMILES string of the molecule is CC[SiH](CC)CC.OC(CNCC1CCCC1)c1c(Cl)cc(F)cc1Cl. The second kappa shape index (κ2) is 13.1. The van der Waals surface area contributed by atoms with Gasteiger partial charge in [0, 0.05) is 20.9 Å². The number of halogens is 3. The van der Waals surface area contributed by atoms with Crippen molar-refractivity contribution in [2.75, 3.05) is 13.1 Å². The van der Waals surface area contributed by atoms with Gasteiger partial charge in [0.2, 0.25) is 0 Å². The zero-order chi connectivity index (χ0) is 19.5. The predicted octanol–water partition coefficient (Wildman–Crippen LogP) is 6.22. The number of aliphatic hydroxyl groups is 1. The van der Waals surface area contributed by atoms with E-state index in [2.05, 4.69) is 26.1 Å². The highest BCUT2D eigenvalue weighted by Crippen LogP contribution is 2.31. The van der Waals surface area contributed by atoms with Crippen molar-refractivity contribution in [1.82, 2.24) is 5.32 Å². The van der Waals surface area contributed by atoms with Crippen LogP contribution in [-0.4, -0.2) is 27.0 Å². The van der Waals surface area contributed by atoms with Gasteiger partial charge in [-0.25, -0.2) is 4.39 Å². The minimum absolute atomic E-state index is 0.167. The van der Waals surface area contributed by atoms with Gasteiger partial charge in [-0.3, -0.25) is 0 Å². The highest BCUT2D eigenvalue weighted by Gasteiger charge is 2.18. The fourth-order valence-electron chi connectivity index (χ4n) is 3.48. The maximum atomic E-state index is 13.1. The van der Waals surface area contributed by atoms with Crippen LogP contribution in [0.3, 0.4) is 0 Å². The number of hydrogen-bond donors (Lipinski definition) is 2. The van der Waals surface area contributed by atoms with Crippen molar-refractivity contribution in [3.63, 3.8) is 0 Å². The first-order chi connectivity index (χ1) is 12.4. The van der Waals surface area contributed by atoms with Gasteiger partial charge in [0.15, 0.2) is 0 Å². The third-order valence-corrected chi connectivity index (χ3v) is 9.44. The van der Waals surface area contributed by atoms with Gasteiger partial charge in [-0.05, 0) is 37.4 Å². The molecule has 0 saturated heterocycles. The first kappa shape index (κ1) is 23.9. The van der Waals surface area contributed by atoms with E-state index in [1.807, 2.05) is 0 Å².